The molecule has 0 N–H and O–H groups in total. The molecule has 11 aromatic carbocycles. The Bertz CT molecular complexity index is 3760. The van der Waals surface area contributed by atoms with Crippen LogP contribution in [0.15, 0.2) is 249 Å². The van der Waals surface area contributed by atoms with Crippen molar-refractivity contribution in [3.8, 4) is 0 Å². The lowest BCUT2D eigenvalue weighted by Crippen LogP contribution is -2.52. The van der Waals surface area contributed by atoms with Gasteiger partial charge in [-0.15, -0.1) is 0 Å². The number of aryl methyl sites for hydroxylation is 3. The van der Waals surface area contributed by atoms with E-state index in [4.69, 9.17) is 0 Å². The molecule has 3 aliphatic carbocycles. The zero-order valence-electron chi connectivity index (χ0n) is 41.2. The van der Waals surface area contributed by atoms with Crippen LogP contribution in [0.3, 0.4) is 0 Å². The van der Waals surface area contributed by atoms with Crippen molar-refractivity contribution in [1.29, 1.82) is 0 Å². The fraction of sp³-hybridized carbons (Fsp3) is 0.114. The minimum Gasteiger partial charge on any atom is -0.310 e. The maximum atomic E-state index is 2.56. The minimum absolute atomic E-state index is 0.565. The zero-order valence-corrected chi connectivity index (χ0v) is 41.2. The van der Waals surface area contributed by atoms with Gasteiger partial charge in [-0.2, -0.15) is 0 Å². The maximum absolute atomic E-state index is 2.56. The summed E-state index contributed by atoms with van der Waals surface area (Å²) in [6.45, 7) is 6.88. The summed E-state index contributed by atoms with van der Waals surface area (Å²) in [5, 5.41) is 4.92. The van der Waals surface area contributed by atoms with Crippen molar-refractivity contribution in [2.24, 2.45) is 0 Å². The SMILES string of the molecule is CCc1ccc2c(c1)C1(c3ccc(N(c4ccccc4)c4ccc5ccccc5c4)cc3)c3ccc(CC)cc3C2(c2ccc(N(c3ccccc3)c3ccc4ccccc4c3)cc2)c2cc(CC)ccc21. The molecule has 2 heteroatoms. The van der Waals surface area contributed by atoms with Gasteiger partial charge in [0.2, 0.25) is 0 Å². The van der Waals surface area contributed by atoms with E-state index in [-0.39, 0.29) is 0 Å². The van der Waals surface area contributed by atoms with Crippen LogP contribution in [-0.4, -0.2) is 0 Å². The Morgan fingerprint density at radius 3 is 0.917 bits per heavy atom. The third-order valence-electron chi connectivity index (χ3n) is 16.0. The smallest absolute Gasteiger partial charge is 0.0711 e. The highest BCUT2D eigenvalue weighted by molar-refractivity contribution is 5.91. The highest BCUT2D eigenvalue weighted by Crippen LogP contribution is 2.66. The lowest BCUT2D eigenvalue weighted by molar-refractivity contribution is 0.554. The highest BCUT2D eigenvalue weighted by Gasteiger charge is 2.60. The predicted molar refractivity (Wildman–Crippen MR) is 303 cm³/mol. The standard InChI is InChI=1S/C70H56N2/c1-4-48-27-42-65-66(43-48)69(55-30-36-59(37-31-55)71(57-21-9-7-10-22-57)61-34-28-51-17-13-15-19-53(51)46-61)63-40-25-49(5-2)44-67(63)70(65,68-45-50(6-3)26-41-64(68)69)56-32-38-60(39-33-56)72(58-23-11-8-12-24-58)62-35-29-52-18-14-16-20-54(52)47-62/h7-47H,4-6H2,1-3H3. The molecule has 3 aliphatic rings. The summed E-state index contributed by atoms with van der Waals surface area (Å²) in [6.07, 6.45) is 2.86. The number of para-hydroxylation sites is 2. The monoisotopic (exact) mass is 924 g/mol. The molecule has 0 saturated carbocycles. The third-order valence-corrected chi connectivity index (χ3v) is 16.0. The van der Waals surface area contributed by atoms with Crippen molar-refractivity contribution in [2.75, 3.05) is 9.80 Å². The summed E-state index contributed by atoms with van der Waals surface area (Å²) in [7, 11) is 0. The van der Waals surface area contributed by atoms with Crippen molar-refractivity contribution in [3.63, 3.8) is 0 Å². The first kappa shape index (κ1) is 43.6. The molecule has 0 heterocycles. The summed E-state index contributed by atoms with van der Waals surface area (Å²) in [5.74, 6) is 0. The number of fused-ring (bicyclic) bond motifs is 2. The molecule has 14 rings (SSSR count). The van der Waals surface area contributed by atoms with E-state index >= 15 is 0 Å². The van der Waals surface area contributed by atoms with E-state index in [1.165, 1.54) is 82.7 Å². The number of hydrogen-bond donors (Lipinski definition) is 0. The van der Waals surface area contributed by atoms with Crippen molar-refractivity contribution in [1.82, 2.24) is 0 Å². The Labute approximate surface area is 424 Å². The Morgan fingerprint density at radius 2 is 0.556 bits per heavy atom. The van der Waals surface area contributed by atoms with Gasteiger partial charge < -0.3 is 9.80 Å². The van der Waals surface area contributed by atoms with Crippen LogP contribution in [0.4, 0.5) is 34.1 Å². The number of hydrogen-bond acceptors (Lipinski definition) is 2. The quantitative estimate of drug-likeness (QED) is 0.128. The van der Waals surface area contributed by atoms with E-state index in [1.54, 1.807) is 0 Å². The first-order valence-corrected chi connectivity index (χ1v) is 25.8. The molecule has 0 fully saturated rings. The first-order valence-electron chi connectivity index (χ1n) is 25.8. The van der Waals surface area contributed by atoms with Gasteiger partial charge in [0.15, 0.2) is 0 Å². The number of rotatable bonds is 11. The molecular weight excluding hydrogens is 869 g/mol. The van der Waals surface area contributed by atoms with Crippen molar-refractivity contribution in [3.05, 3.63) is 310 Å². The van der Waals surface area contributed by atoms with Crippen LogP contribution in [0.2, 0.25) is 0 Å². The largest absolute Gasteiger partial charge is 0.310 e. The molecule has 0 spiro atoms. The van der Waals surface area contributed by atoms with E-state index in [0.717, 1.165) is 53.4 Å². The molecule has 2 nitrogen and oxygen atoms in total. The van der Waals surface area contributed by atoms with Gasteiger partial charge in [-0.3, -0.25) is 0 Å². The summed E-state index contributed by atoms with van der Waals surface area (Å²) in [4.78, 5) is 4.80. The van der Waals surface area contributed by atoms with Gasteiger partial charge in [0.1, 0.15) is 0 Å². The van der Waals surface area contributed by atoms with Crippen molar-refractivity contribution >= 4 is 55.7 Å². The topological polar surface area (TPSA) is 6.48 Å². The predicted octanol–water partition coefficient (Wildman–Crippen LogP) is 18.0. The number of nitrogens with zero attached hydrogens (tertiary/aromatic N) is 2. The van der Waals surface area contributed by atoms with Gasteiger partial charge >= 0.3 is 0 Å². The second-order valence-electron chi connectivity index (χ2n) is 19.7. The second kappa shape index (κ2) is 17.4. The van der Waals surface area contributed by atoms with Gasteiger partial charge in [0.05, 0.1) is 10.8 Å². The lowest BCUT2D eigenvalue weighted by Gasteiger charge is -2.57. The van der Waals surface area contributed by atoms with Crippen LogP contribution in [0.1, 0.15) is 82.0 Å². The molecular formula is C70H56N2. The molecule has 2 bridgehead atoms. The van der Waals surface area contributed by atoms with Crippen LogP contribution in [0, 0.1) is 0 Å². The Hall–Kier alpha value is -8.46. The van der Waals surface area contributed by atoms with E-state index in [0.29, 0.717) is 0 Å². The van der Waals surface area contributed by atoms with E-state index < -0.39 is 10.8 Å². The van der Waals surface area contributed by atoms with Crippen LogP contribution in [0.25, 0.3) is 21.5 Å². The molecule has 0 radical (unpaired) electrons. The normalized spacial score (nSPS) is 16.3. The molecule has 11 aromatic rings. The average Bonchev–Trinajstić information content (AvgIpc) is 3.47. The zero-order chi connectivity index (χ0) is 48.4. The van der Waals surface area contributed by atoms with Crippen LogP contribution >= 0.6 is 0 Å². The molecule has 0 amide bonds. The van der Waals surface area contributed by atoms with Gasteiger partial charge in [-0.05, 0) is 175 Å². The van der Waals surface area contributed by atoms with Crippen LogP contribution < -0.4 is 9.80 Å². The van der Waals surface area contributed by atoms with Crippen LogP contribution in [-0.2, 0) is 30.1 Å². The van der Waals surface area contributed by atoms with E-state index in [2.05, 4.69) is 279 Å². The van der Waals surface area contributed by atoms with E-state index in [1.807, 2.05) is 0 Å². The second-order valence-corrected chi connectivity index (χ2v) is 19.7. The highest BCUT2D eigenvalue weighted by atomic mass is 15.1. The lowest BCUT2D eigenvalue weighted by atomic mass is 9.44. The molecule has 346 valence electrons. The van der Waals surface area contributed by atoms with Crippen LogP contribution in [0.5, 0.6) is 0 Å². The van der Waals surface area contributed by atoms with Crippen molar-refractivity contribution in [2.45, 2.75) is 50.9 Å². The Kier molecular flexibility index (Phi) is 10.5. The summed E-state index contributed by atoms with van der Waals surface area (Å²) < 4.78 is 0. The number of benzene rings is 11. The Morgan fingerprint density at radius 1 is 0.250 bits per heavy atom. The fourth-order valence-corrected chi connectivity index (χ4v) is 12.6. The first-order chi connectivity index (χ1) is 35.5. The van der Waals surface area contributed by atoms with Crippen molar-refractivity contribution < 1.29 is 0 Å². The van der Waals surface area contributed by atoms with E-state index in [9.17, 15) is 0 Å². The third kappa shape index (κ3) is 6.62. The molecule has 72 heavy (non-hydrogen) atoms. The van der Waals surface area contributed by atoms with Gasteiger partial charge in [-0.1, -0.05) is 197 Å². The molecule has 0 saturated heterocycles. The summed E-state index contributed by atoms with van der Waals surface area (Å²) in [6, 6.07) is 94.0. The molecule has 0 aliphatic heterocycles. The fourth-order valence-electron chi connectivity index (χ4n) is 12.6. The minimum atomic E-state index is -0.566. The average molecular weight is 925 g/mol. The summed E-state index contributed by atoms with van der Waals surface area (Å²) in [5.41, 5.74) is 20.5. The Balaban J connectivity index is 1.03. The molecule has 0 aromatic heterocycles. The number of anilines is 6. The molecule has 0 atom stereocenters. The molecule has 0 unspecified atom stereocenters. The van der Waals surface area contributed by atoms with Gasteiger partial charge in [0, 0.05) is 34.1 Å². The van der Waals surface area contributed by atoms with Gasteiger partial charge in [-0.25, -0.2) is 0 Å². The van der Waals surface area contributed by atoms with Gasteiger partial charge in [0.25, 0.3) is 0 Å². The summed E-state index contributed by atoms with van der Waals surface area (Å²) >= 11 is 0. The maximum Gasteiger partial charge on any atom is 0.0711 e.